The van der Waals surface area contributed by atoms with E-state index in [2.05, 4.69) is 0 Å². The lowest BCUT2D eigenvalue weighted by molar-refractivity contribution is -0.116. The average Bonchev–Trinajstić information content (AvgIpc) is 2.54. The van der Waals surface area contributed by atoms with Crippen molar-refractivity contribution in [1.29, 1.82) is 0 Å². The van der Waals surface area contributed by atoms with Gasteiger partial charge in [-0.05, 0) is 42.7 Å². The van der Waals surface area contributed by atoms with Crippen molar-refractivity contribution in [1.82, 2.24) is 0 Å². The monoisotopic (exact) mass is 350 g/mol. The molecule has 0 unspecified atom stereocenters. The van der Waals surface area contributed by atoms with E-state index in [1.165, 1.54) is 19.1 Å². The first-order valence-corrected chi connectivity index (χ1v) is 8.22. The second kappa shape index (κ2) is 6.96. The van der Waals surface area contributed by atoms with Crippen LogP contribution in [0.3, 0.4) is 0 Å². The third-order valence-electron chi connectivity index (χ3n) is 4.24. The van der Waals surface area contributed by atoms with Gasteiger partial charge in [0.15, 0.2) is 5.78 Å². The van der Waals surface area contributed by atoms with Gasteiger partial charge in [0, 0.05) is 24.3 Å². The number of hydrogen-bond donors (Lipinski definition) is 1. The summed E-state index contributed by atoms with van der Waals surface area (Å²) in [6.45, 7) is 3.20. The predicted molar refractivity (Wildman–Crippen MR) is 97.7 cm³/mol. The van der Waals surface area contributed by atoms with E-state index in [1.54, 1.807) is 31.2 Å². The van der Waals surface area contributed by atoms with Crippen molar-refractivity contribution in [2.75, 3.05) is 0 Å². The molecule has 0 saturated carbocycles. The second-order valence-corrected chi connectivity index (χ2v) is 6.37. The third kappa shape index (κ3) is 3.57. The summed E-state index contributed by atoms with van der Waals surface area (Å²) in [6, 6.07) is 11.7. The molecule has 0 bridgehead atoms. The molecule has 0 radical (unpaired) electrons. The summed E-state index contributed by atoms with van der Waals surface area (Å²) in [6.07, 6.45) is 0.351. The van der Waals surface area contributed by atoms with Crippen LogP contribution < -0.4 is 5.63 Å². The zero-order valence-corrected chi connectivity index (χ0v) is 14.5. The maximum absolute atomic E-state index is 12.7. The molecule has 2 aromatic carbocycles. The van der Waals surface area contributed by atoms with Crippen LogP contribution in [0.2, 0.25) is 0 Å². The minimum absolute atomic E-state index is 0.0126. The molecular formula is C21H18O5. The molecule has 3 aromatic rings. The fourth-order valence-corrected chi connectivity index (χ4v) is 3.08. The highest BCUT2D eigenvalue weighted by Crippen LogP contribution is 2.24. The highest BCUT2D eigenvalue weighted by atomic mass is 16.4. The standard InChI is InChI=1S/C21H18O5/c1-12(22)8-14-4-3-5-15(9-14)10-18(24)20-13(2)17-7-6-16(23)11-19(17)26-21(20)25/h3-7,9,11,23H,8,10H2,1-2H3. The number of rotatable bonds is 5. The predicted octanol–water partition coefficient (Wildman–Crippen LogP) is 3.36. The SMILES string of the molecule is CC(=O)Cc1cccc(CC(=O)c2c(C)c3ccc(O)cc3oc2=O)c1. The molecule has 0 amide bonds. The topological polar surface area (TPSA) is 84.6 Å². The number of phenols is 1. The van der Waals surface area contributed by atoms with E-state index in [0.29, 0.717) is 17.4 Å². The van der Waals surface area contributed by atoms with Crippen LogP contribution >= 0.6 is 0 Å². The quantitative estimate of drug-likeness (QED) is 0.563. The minimum Gasteiger partial charge on any atom is -0.508 e. The number of aromatic hydroxyl groups is 1. The molecule has 5 heteroatoms. The summed E-state index contributed by atoms with van der Waals surface area (Å²) < 4.78 is 5.21. The van der Waals surface area contributed by atoms with Crippen LogP contribution in [0.4, 0.5) is 0 Å². The number of carbonyl (C=O) groups is 2. The van der Waals surface area contributed by atoms with Gasteiger partial charge in [0.2, 0.25) is 0 Å². The molecule has 0 aliphatic rings. The van der Waals surface area contributed by atoms with Crippen molar-refractivity contribution in [3.8, 4) is 5.75 Å². The Balaban J connectivity index is 1.97. The lowest BCUT2D eigenvalue weighted by Crippen LogP contribution is -2.18. The van der Waals surface area contributed by atoms with Crippen molar-refractivity contribution >= 4 is 22.5 Å². The van der Waals surface area contributed by atoms with Crippen LogP contribution in [-0.4, -0.2) is 16.7 Å². The van der Waals surface area contributed by atoms with E-state index >= 15 is 0 Å². The number of fused-ring (bicyclic) bond motifs is 1. The van der Waals surface area contributed by atoms with E-state index in [-0.39, 0.29) is 34.9 Å². The van der Waals surface area contributed by atoms with Crippen LogP contribution in [0.1, 0.15) is 34.0 Å². The number of Topliss-reactive ketones (excluding diaryl/α,β-unsaturated/α-hetero) is 2. The summed E-state index contributed by atoms with van der Waals surface area (Å²) in [5.41, 5.74) is 1.64. The van der Waals surface area contributed by atoms with Gasteiger partial charge in [-0.2, -0.15) is 0 Å². The molecule has 0 aliphatic carbocycles. The van der Waals surface area contributed by atoms with Gasteiger partial charge >= 0.3 is 5.63 Å². The van der Waals surface area contributed by atoms with Crippen molar-refractivity contribution in [2.24, 2.45) is 0 Å². The summed E-state index contributed by atoms with van der Waals surface area (Å²) >= 11 is 0. The smallest absolute Gasteiger partial charge is 0.347 e. The Morgan fingerprint density at radius 3 is 2.42 bits per heavy atom. The molecule has 0 aliphatic heterocycles. The Morgan fingerprint density at radius 2 is 1.73 bits per heavy atom. The fraction of sp³-hybridized carbons (Fsp3) is 0.190. The van der Waals surface area contributed by atoms with Gasteiger partial charge in [0.25, 0.3) is 0 Å². The minimum atomic E-state index is -0.717. The van der Waals surface area contributed by atoms with Gasteiger partial charge in [-0.3, -0.25) is 9.59 Å². The highest BCUT2D eigenvalue weighted by Gasteiger charge is 2.19. The van der Waals surface area contributed by atoms with E-state index < -0.39 is 5.63 Å². The molecule has 26 heavy (non-hydrogen) atoms. The first-order valence-electron chi connectivity index (χ1n) is 8.22. The summed E-state index contributed by atoms with van der Waals surface area (Å²) in [4.78, 5) is 36.3. The Morgan fingerprint density at radius 1 is 1.04 bits per heavy atom. The first kappa shape index (κ1) is 17.6. The number of aryl methyl sites for hydroxylation is 1. The van der Waals surface area contributed by atoms with Crippen LogP contribution in [0.25, 0.3) is 11.0 Å². The van der Waals surface area contributed by atoms with Gasteiger partial charge in [-0.25, -0.2) is 4.79 Å². The number of benzene rings is 2. The lowest BCUT2D eigenvalue weighted by atomic mass is 9.97. The molecule has 0 spiro atoms. The van der Waals surface area contributed by atoms with Gasteiger partial charge < -0.3 is 9.52 Å². The summed E-state index contributed by atoms with van der Waals surface area (Å²) in [5.74, 6) is -0.310. The molecular weight excluding hydrogens is 332 g/mol. The van der Waals surface area contributed by atoms with Crippen molar-refractivity contribution < 1.29 is 19.1 Å². The van der Waals surface area contributed by atoms with Gasteiger partial charge in [0.1, 0.15) is 22.7 Å². The van der Waals surface area contributed by atoms with Crippen LogP contribution in [0.5, 0.6) is 5.75 Å². The normalized spacial score (nSPS) is 10.8. The zero-order chi connectivity index (χ0) is 18.8. The molecule has 0 fully saturated rings. The number of phenolic OH excluding ortho intramolecular Hbond substituents is 1. The molecule has 1 heterocycles. The van der Waals surface area contributed by atoms with E-state index in [0.717, 1.165) is 11.1 Å². The molecule has 1 N–H and O–H groups in total. The molecule has 1 aromatic heterocycles. The Bertz CT molecular complexity index is 1080. The Labute approximate surface area is 149 Å². The van der Waals surface area contributed by atoms with Crippen molar-refractivity contribution in [2.45, 2.75) is 26.7 Å². The number of carbonyl (C=O) groups excluding carboxylic acids is 2. The van der Waals surface area contributed by atoms with Crippen molar-refractivity contribution in [3.63, 3.8) is 0 Å². The van der Waals surface area contributed by atoms with Gasteiger partial charge in [0.05, 0.1) is 0 Å². The molecule has 3 rings (SSSR count). The number of ketones is 2. The molecule has 5 nitrogen and oxygen atoms in total. The Kier molecular flexibility index (Phi) is 4.71. The average molecular weight is 350 g/mol. The van der Waals surface area contributed by atoms with E-state index in [4.69, 9.17) is 4.42 Å². The second-order valence-electron chi connectivity index (χ2n) is 6.37. The lowest BCUT2D eigenvalue weighted by Gasteiger charge is -2.08. The van der Waals surface area contributed by atoms with Crippen molar-refractivity contribution in [3.05, 3.63) is 75.1 Å². The largest absolute Gasteiger partial charge is 0.508 e. The first-order chi connectivity index (χ1) is 12.3. The summed E-state index contributed by atoms with van der Waals surface area (Å²) in [5, 5.41) is 10.1. The highest BCUT2D eigenvalue weighted by molar-refractivity contribution is 6.01. The van der Waals surface area contributed by atoms with Crippen LogP contribution in [-0.2, 0) is 17.6 Å². The van der Waals surface area contributed by atoms with Crippen LogP contribution in [0.15, 0.2) is 51.7 Å². The molecule has 0 atom stereocenters. The fourth-order valence-electron chi connectivity index (χ4n) is 3.08. The Hall–Kier alpha value is -3.21. The van der Waals surface area contributed by atoms with E-state index in [9.17, 15) is 19.5 Å². The molecule has 132 valence electrons. The van der Waals surface area contributed by atoms with E-state index in [1.807, 2.05) is 6.07 Å². The van der Waals surface area contributed by atoms with Gasteiger partial charge in [-0.15, -0.1) is 0 Å². The maximum atomic E-state index is 12.7. The van der Waals surface area contributed by atoms with Crippen LogP contribution in [0, 0.1) is 6.92 Å². The maximum Gasteiger partial charge on any atom is 0.347 e. The number of hydrogen-bond acceptors (Lipinski definition) is 5. The molecule has 0 saturated heterocycles. The zero-order valence-electron chi connectivity index (χ0n) is 14.5. The third-order valence-corrected chi connectivity index (χ3v) is 4.24. The van der Waals surface area contributed by atoms with Gasteiger partial charge in [-0.1, -0.05) is 24.3 Å². The summed E-state index contributed by atoms with van der Waals surface area (Å²) in [7, 11) is 0.